The summed E-state index contributed by atoms with van der Waals surface area (Å²) in [6, 6.07) is 18.5. The number of hydrogen-bond acceptors (Lipinski definition) is 0. The molecule has 0 heteroatoms. The zero-order chi connectivity index (χ0) is 16.1. The van der Waals surface area contributed by atoms with Crippen molar-refractivity contribution in [3.8, 4) is 0 Å². The molecule has 0 nitrogen and oxygen atoms in total. The molecule has 0 saturated carbocycles. The SMILES string of the molecule is CCCC(c1ccc(C(C)C)cc1)c1ccc(C(C)C)cc1. The van der Waals surface area contributed by atoms with Gasteiger partial charge in [-0.3, -0.25) is 0 Å². The van der Waals surface area contributed by atoms with Crippen LogP contribution in [-0.2, 0) is 0 Å². The van der Waals surface area contributed by atoms with Crippen LogP contribution >= 0.6 is 0 Å². The molecule has 0 heterocycles. The maximum Gasteiger partial charge on any atom is 0.00892 e. The molecule has 0 radical (unpaired) electrons. The van der Waals surface area contributed by atoms with Crippen molar-refractivity contribution in [1.82, 2.24) is 0 Å². The zero-order valence-electron chi connectivity index (χ0n) is 14.8. The Kier molecular flexibility index (Phi) is 5.83. The topological polar surface area (TPSA) is 0 Å². The lowest BCUT2D eigenvalue weighted by Gasteiger charge is -2.19. The minimum atomic E-state index is 0.521. The van der Waals surface area contributed by atoms with Crippen molar-refractivity contribution in [2.75, 3.05) is 0 Å². The van der Waals surface area contributed by atoms with Gasteiger partial charge >= 0.3 is 0 Å². The van der Waals surface area contributed by atoms with Gasteiger partial charge in [-0.1, -0.05) is 89.6 Å². The summed E-state index contributed by atoms with van der Waals surface area (Å²) in [5.74, 6) is 1.72. The predicted molar refractivity (Wildman–Crippen MR) is 97.8 cm³/mol. The van der Waals surface area contributed by atoms with Crippen LogP contribution in [0.15, 0.2) is 48.5 Å². The molecule has 2 aromatic carbocycles. The second-order valence-electron chi connectivity index (χ2n) is 6.98. The van der Waals surface area contributed by atoms with Gasteiger partial charge in [-0.2, -0.15) is 0 Å². The highest BCUT2D eigenvalue weighted by Crippen LogP contribution is 2.31. The van der Waals surface area contributed by atoms with Gasteiger partial charge in [-0.15, -0.1) is 0 Å². The molecule has 0 spiro atoms. The highest BCUT2D eigenvalue weighted by atomic mass is 14.2. The summed E-state index contributed by atoms with van der Waals surface area (Å²) in [6.45, 7) is 11.3. The highest BCUT2D eigenvalue weighted by Gasteiger charge is 2.14. The summed E-state index contributed by atoms with van der Waals surface area (Å²) >= 11 is 0. The van der Waals surface area contributed by atoms with Gasteiger partial charge in [0.15, 0.2) is 0 Å². The summed E-state index contributed by atoms with van der Waals surface area (Å²) in [7, 11) is 0. The van der Waals surface area contributed by atoms with Crippen LogP contribution in [0.25, 0.3) is 0 Å². The minimum Gasteiger partial charge on any atom is -0.0653 e. The van der Waals surface area contributed by atoms with E-state index in [1.807, 2.05) is 0 Å². The normalized spacial score (nSPS) is 11.6. The van der Waals surface area contributed by atoms with E-state index in [1.54, 1.807) is 0 Å². The van der Waals surface area contributed by atoms with Crippen LogP contribution in [0.1, 0.15) is 87.5 Å². The molecule has 0 aliphatic rings. The van der Waals surface area contributed by atoms with Crippen molar-refractivity contribution in [1.29, 1.82) is 0 Å². The van der Waals surface area contributed by atoms with Gasteiger partial charge in [-0.25, -0.2) is 0 Å². The Balaban J connectivity index is 2.28. The Morgan fingerprint density at radius 2 is 0.909 bits per heavy atom. The summed E-state index contributed by atoms with van der Waals surface area (Å²) in [6.07, 6.45) is 2.42. The molecule has 0 amide bonds. The van der Waals surface area contributed by atoms with E-state index < -0.39 is 0 Å². The molecular weight excluding hydrogens is 264 g/mol. The third-order valence-electron chi connectivity index (χ3n) is 4.59. The molecule has 0 bridgehead atoms. The van der Waals surface area contributed by atoms with Crippen LogP contribution < -0.4 is 0 Å². The van der Waals surface area contributed by atoms with Crippen molar-refractivity contribution in [2.45, 2.75) is 65.2 Å². The molecule has 2 aromatic rings. The molecule has 0 aliphatic carbocycles. The summed E-state index contributed by atoms with van der Waals surface area (Å²) < 4.78 is 0. The van der Waals surface area contributed by atoms with E-state index in [2.05, 4.69) is 83.1 Å². The first-order chi connectivity index (χ1) is 10.5. The first-order valence-electron chi connectivity index (χ1n) is 8.72. The monoisotopic (exact) mass is 294 g/mol. The average Bonchev–Trinajstić information content (AvgIpc) is 2.53. The standard InChI is InChI=1S/C22H30/c1-6-7-22(20-12-8-18(9-13-20)16(2)3)21-14-10-19(11-15-21)17(4)5/h8-17,22H,6-7H2,1-5H3. The Morgan fingerprint density at radius 3 is 1.18 bits per heavy atom. The van der Waals surface area contributed by atoms with E-state index >= 15 is 0 Å². The lowest BCUT2D eigenvalue weighted by atomic mass is 9.85. The Bertz CT molecular complexity index is 506. The fraction of sp³-hybridized carbons (Fsp3) is 0.455. The van der Waals surface area contributed by atoms with Crippen molar-refractivity contribution < 1.29 is 0 Å². The third-order valence-corrected chi connectivity index (χ3v) is 4.59. The van der Waals surface area contributed by atoms with Crippen LogP contribution in [0.2, 0.25) is 0 Å². The minimum absolute atomic E-state index is 0.521. The van der Waals surface area contributed by atoms with Crippen molar-refractivity contribution >= 4 is 0 Å². The van der Waals surface area contributed by atoms with Gasteiger partial charge in [0.25, 0.3) is 0 Å². The molecule has 0 fully saturated rings. The van der Waals surface area contributed by atoms with E-state index in [1.165, 1.54) is 35.1 Å². The molecule has 0 aliphatic heterocycles. The largest absolute Gasteiger partial charge is 0.0653 e. The smallest absolute Gasteiger partial charge is 0.00892 e. The average molecular weight is 294 g/mol. The molecular formula is C22H30. The van der Waals surface area contributed by atoms with Crippen LogP contribution in [0.4, 0.5) is 0 Å². The molecule has 118 valence electrons. The summed E-state index contributed by atoms with van der Waals surface area (Å²) in [5.41, 5.74) is 5.75. The van der Waals surface area contributed by atoms with E-state index in [-0.39, 0.29) is 0 Å². The second kappa shape index (κ2) is 7.63. The molecule has 0 unspecified atom stereocenters. The maximum absolute atomic E-state index is 2.33. The third kappa shape index (κ3) is 4.00. The Hall–Kier alpha value is -1.56. The van der Waals surface area contributed by atoms with E-state index in [0.717, 1.165) is 0 Å². The molecule has 0 saturated heterocycles. The molecule has 0 N–H and O–H groups in total. The molecule has 0 aromatic heterocycles. The van der Waals surface area contributed by atoms with Crippen LogP contribution in [-0.4, -0.2) is 0 Å². The van der Waals surface area contributed by atoms with Crippen molar-refractivity contribution in [3.63, 3.8) is 0 Å². The lowest BCUT2D eigenvalue weighted by Crippen LogP contribution is -2.02. The summed E-state index contributed by atoms with van der Waals surface area (Å²) in [5, 5.41) is 0. The first-order valence-corrected chi connectivity index (χ1v) is 8.72. The second-order valence-corrected chi connectivity index (χ2v) is 6.98. The maximum atomic E-state index is 2.33. The highest BCUT2D eigenvalue weighted by molar-refractivity contribution is 5.36. The van der Waals surface area contributed by atoms with Gasteiger partial charge in [-0.05, 0) is 40.5 Å². The molecule has 2 rings (SSSR count). The van der Waals surface area contributed by atoms with Crippen molar-refractivity contribution in [3.05, 3.63) is 70.8 Å². The van der Waals surface area contributed by atoms with Gasteiger partial charge in [0.2, 0.25) is 0 Å². The molecule has 0 atom stereocenters. The summed E-state index contributed by atoms with van der Waals surface area (Å²) in [4.78, 5) is 0. The number of benzene rings is 2. The Morgan fingerprint density at radius 1 is 0.591 bits per heavy atom. The fourth-order valence-corrected chi connectivity index (χ4v) is 3.04. The van der Waals surface area contributed by atoms with Crippen LogP contribution in [0.3, 0.4) is 0 Å². The van der Waals surface area contributed by atoms with E-state index in [0.29, 0.717) is 17.8 Å². The van der Waals surface area contributed by atoms with Crippen molar-refractivity contribution in [2.24, 2.45) is 0 Å². The quantitative estimate of drug-likeness (QED) is 0.545. The van der Waals surface area contributed by atoms with Gasteiger partial charge in [0.05, 0.1) is 0 Å². The van der Waals surface area contributed by atoms with Gasteiger partial charge in [0, 0.05) is 5.92 Å². The number of hydrogen-bond donors (Lipinski definition) is 0. The van der Waals surface area contributed by atoms with Gasteiger partial charge < -0.3 is 0 Å². The van der Waals surface area contributed by atoms with E-state index in [4.69, 9.17) is 0 Å². The van der Waals surface area contributed by atoms with Crippen LogP contribution in [0.5, 0.6) is 0 Å². The Labute approximate surface area is 136 Å². The first kappa shape index (κ1) is 16.8. The van der Waals surface area contributed by atoms with Gasteiger partial charge in [0.1, 0.15) is 0 Å². The molecule has 22 heavy (non-hydrogen) atoms. The number of rotatable bonds is 6. The van der Waals surface area contributed by atoms with Crippen LogP contribution in [0, 0.1) is 0 Å². The zero-order valence-corrected chi connectivity index (χ0v) is 14.8. The lowest BCUT2D eigenvalue weighted by molar-refractivity contribution is 0.696. The van der Waals surface area contributed by atoms with E-state index in [9.17, 15) is 0 Å². The predicted octanol–water partition coefficient (Wildman–Crippen LogP) is 6.87. The fourth-order valence-electron chi connectivity index (χ4n) is 3.04.